The molecule has 0 radical (unpaired) electrons. The Balaban J connectivity index is 2.71. The van der Waals surface area contributed by atoms with Crippen LogP contribution in [0.4, 0.5) is 0 Å². The van der Waals surface area contributed by atoms with E-state index < -0.39 is 0 Å². The SMILES string of the molecule is CSc1ccc2[nH]cc(O)c2c1. The van der Waals surface area contributed by atoms with Gasteiger partial charge in [0.1, 0.15) is 5.75 Å². The van der Waals surface area contributed by atoms with Crippen molar-refractivity contribution < 1.29 is 5.11 Å². The number of hydrogen-bond donors (Lipinski definition) is 2. The van der Waals surface area contributed by atoms with Gasteiger partial charge in [0.05, 0.1) is 0 Å². The van der Waals surface area contributed by atoms with Gasteiger partial charge >= 0.3 is 0 Å². The van der Waals surface area contributed by atoms with Crippen molar-refractivity contribution in [3.05, 3.63) is 24.4 Å². The van der Waals surface area contributed by atoms with Crippen LogP contribution >= 0.6 is 11.8 Å². The number of rotatable bonds is 1. The van der Waals surface area contributed by atoms with E-state index in [4.69, 9.17) is 0 Å². The van der Waals surface area contributed by atoms with Crippen molar-refractivity contribution in [3.63, 3.8) is 0 Å². The maximum absolute atomic E-state index is 9.39. The molecule has 2 N–H and O–H groups in total. The number of H-pyrrole nitrogens is 1. The molecule has 12 heavy (non-hydrogen) atoms. The van der Waals surface area contributed by atoms with E-state index in [1.165, 1.54) is 0 Å². The van der Waals surface area contributed by atoms with E-state index in [1.807, 2.05) is 24.5 Å². The van der Waals surface area contributed by atoms with E-state index >= 15 is 0 Å². The molecule has 2 rings (SSSR count). The lowest BCUT2D eigenvalue weighted by Gasteiger charge is -1.95. The minimum atomic E-state index is 0.320. The second kappa shape index (κ2) is 2.75. The Hall–Kier alpha value is -1.09. The number of hydrogen-bond acceptors (Lipinski definition) is 2. The van der Waals surface area contributed by atoms with Gasteiger partial charge in [0.15, 0.2) is 0 Å². The average molecular weight is 179 g/mol. The third-order valence-electron chi connectivity index (χ3n) is 1.87. The Morgan fingerprint density at radius 3 is 3.00 bits per heavy atom. The summed E-state index contributed by atoms with van der Waals surface area (Å²) in [6.07, 6.45) is 3.62. The summed E-state index contributed by atoms with van der Waals surface area (Å²) in [5.74, 6) is 0.320. The molecular weight excluding hydrogens is 170 g/mol. The lowest BCUT2D eigenvalue weighted by atomic mass is 10.2. The molecule has 2 nitrogen and oxygen atoms in total. The van der Waals surface area contributed by atoms with Crippen LogP contribution in [0.2, 0.25) is 0 Å². The van der Waals surface area contributed by atoms with Crippen LogP contribution in [-0.2, 0) is 0 Å². The van der Waals surface area contributed by atoms with E-state index in [1.54, 1.807) is 18.0 Å². The summed E-state index contributed by atoms with van der Waals surface area (Å²) < 4.78 is 0. The number of benzene rings is 1. The number of thioether (sulfide) groups is 1. The summed E-state index contributed by atoms with van der Waals surface area (Å²) in [4.78, 5) is 4.14. The molecule has 0 amide bonds. The molecule has 1 heterocycles. The van der Waals surface area contributed by atoms with Crippen molar-refractivity contribution in [2.24, 2.45) is 0 Å². The smallest absolute Gasteiger partial charge is 0.140 e. The van der Waals surface area contributed by atoms with Gasteiger partial charge in [0.25, 0.3) is 0 Å². The summed E-state index contributed by atoms with van der Waals surface area (Å²) in [6, 6.07) is 5.98. The normalized spacial score (nSPS) is 10.8. The molecule has 0 saturated carbocycles. The van der Waals surface area contributed by atoms with Crippen molar-refractivity contribution >= 4 is 22.7 Å². The molecule has 3 heteroatoms. The molecule has 0 aliphatic rings. The van der Waals surface area contributed by atoms with Crippen LogP contribution < -0.4 is 0 Å². The van der Waals surface area contributed by atoms with Gasteiger partial charge in [-0.25, -0.2) is 0 Å². The number of aromatic hydroxyl groups is 1. The zero-order chi connectivity index (χ0) is 8.55. The Kier molecular flexibility index (Phi) is 1.73. The maximum atomic E-state index is 9.39. The lowest BCUT2D eigenvalue weighted by molar-refractivity contribution is 0.481. The minimum Gasteiger partial charge on any atom is -0.506 e. The molecule has 2 aromatic rings. The topological polar surface area (TPSA) is 36.0 Å². The van der Waals surface area contributed by atoms with Gasteiger partial charge in [0, 0.05) is 22.0 Å². The third kappa shape index (κ3) is 1.06. The first-order valence-corrected chi connectivity index (χ1v) is 4.88. The predicted molar refractivity (Wildman–Crippen MR) is 51.7 cm³/mol. The van der Waals surface area contributed by atoms with Crippen LogP contribution in [0.5, 0.6) is 5.75 Å². The summed E-state index contributed by atoms with van der Waals surface area (Å²) in [7, 11) is 0. The Morgan fingerprint density at radius 2 is 2.25 bits per heavy atom. The molecule has 0 fully saturated rings. The standard InChI is InChI=1S/C9H9NOS/c1-12-6-2-3-8-7(4-6)9(11)5-10-8/h2-5,10-11H,1H3. The quantitative estimate of drug-likeness (QED) is 0.660. The largest absolute Gasteiger partial charge is 0.506 e. The van der Waals surface area contributed by atoms with Crippen molar-refractivity contribution in [3.8, 4) is 5.75 Å². The number of aromatic nitrogens is 1. The molecule has 0 atom stereocenters. The number of aromatic amines is 1. The van der Waals surface area contributed by atoms with E-state index in [-0.39, 0.29) is 0 Å². The first-order chi connectivity index (χ1) is 5.81. The monoisotopic (exact) mass is 179 g/mol. The molecule has 62 valence electrons. The Bertz CT molecular complexity index is 408. The number of fused-ring (bicyclic) bond motifs is 1. The second-order valence-electron chi connectivity index (χ2n) is 2.59. The molecule has 0 bridgehead atoms. The highest BCUT2D eigenvalue weighted by Gasteiger charge is 2.01. The molecule has 0 aliphatic heterocycles. The van der Waals surface area contributed by atoms with Gasteiger partial charge in [-0.1, -0.05) is 0 Å². The van der Waals surface area contributed by atoms with Gasteiger partial charge in [0.2, 0.25) is 0 Å². The van der Waals surface area contributed by atoms with E-state index in [0.29, 0.717) is 5.75 Å². The first kappa shape index (κ1) is 7.55. The Labute approximate surface area is 74.6 Å². The van der Waals surface area contributed by atoms with Gasteiger partial charge in [-0.3, -0.25) is 0 Å². The van der Waals surface area contributed by atoms with Gasteiger partial charge < -0.3 is 10.1 Å². The molecule has 1 aromatic carbocycles. The first-order valence-electron chi connectivity index (χ1n) is 3.65. The predicted octanol–water partition coefficient (Wildman–Crippen LogP) is 2.60. The molecule has 0 aliphatic carbocycles. The fraction of sp³-hybridized carbons (Fsp3) is 0.111. The second-order valence-corrected chi connectivity index (χ2v) is 3.47. The lowest BCUT2D eigenvalue weighted by Crippen LogP contribution is -1.70. The van der Waals surface area contributed by atoms with Gasteiger partial charge in [-0.2, -0.15) is 0 Å². The number of nitrogens with one attached hydrogen (secondary N) is 1. The fourth-order valence-electron chi connectivity index (χ4n) is 1.21. The van der Waals surface area contributed by atoms with Crippen LogP contribution in [0.3, 0.4) is 0 Å². The van der Waals surface area contributed by atoms with E-state index in [2.05, 4.69) is 4.98 Å². The molecule has 0 unspecified atom stereocenters. The summed E-state index contributed by atoms with van der Waals surface area (Å²) >= 11 is 1.67. The maximum Gasteiger partial charge on any atom is 0.140 e. The summed E-state index contributed by atoms with van der Waals surface area (Å²) in [6.45, 7) is 0. The minimum absolute atomic E-state index is 0.320. The highest BCUT2D eigenvalue weighted by molar-refractivity contribution is 7.98. The van der Waals surface area contributed by atoms with Gasteiger partial charge in [-0.05, 0) is 24.5 Å². The van der Waals surface area contributed by atoms with Gasteiger partial charge in [-0.15, -0.1) is 11.8 Å². The highest BCUT2D eigenvalue weighted by Crippen LogP contribution is 2.27. The van der Waals surface area contributed by atoms with Crippen molar-refractivity contribution in [1.29, 1.82) is 0 Å². The van der Waals surface area contributed by atoms with Crippen LogP contribution in [-0.4, -0.2) is 16.3 Å². The zero-order valence-electron chi connectivity index (χ0n) is 6.66. The Morgan fingerprint density at radius 1 is 1.42 bits per heavy atom. The summed E-state index contributed by atoms with van der Waals surface area (Å²) in [5, 5.41) is 10.3. The highest BCUT2D eigenvalue weighted by atomic mass is 32.2. The molecule has 0 saturated heterocycles. The molecule has 0 spiro atoms. The average Bonchev–Trinajstić information content (AvgIpc) is 2.47. The van der Waals surface area contributed by atoms with E-state index in [9.17, 15) is 5.11 Å². The third-order valence-corrected chi connectivity index (χ3v) is 2.59. The molecule has 1 aromatic heterocycles. The van der Waals surface area contributed by atoms with Crippen LogP contribution in [0, 0.1) is 0 Å². The summed E-state index contributed by atoms with van der Waals surface area (Å²) in [5.41, 5.74) is 0.977. The van der Waals surface area contributed by atoms with Crippen LogP contribution in [0.25, 0.3) is 10.9 Å². The van der Waals surface area contributed by atoms with Crippen LogP contribution in [0.1, 0.15) is 0 Å². The fourth-order valence-corrected chi connectivity index (χ4v) is 1.65. The van der Waals surface area contributed by atoms with Crippen molar-refractivity contribution in [2.45, 2.75) is 4.90 Å². The zero-order valence-corrected chi connectivity index (χ0v) is 7.48. The van der Waals surface area contributed by atoms with E-state index in [0.717, 1.165) is 15.8 Å². The van der Waals surface area contributed by atoms with Crippen molar-refractivity contribution in [2.75, 3.05) is 6.26 Å². The van der Waals surface area contributed by atoms with Crippen molar-refractivity contribution in [1.82, 2.24) is 4.98 Å². The van der Waals surface area contributed by atoms with Crippen LogP contribution in [0.15, 0.2) is 29.3 Å². The molecular formula is C9H9NOS.